The number of carbonyl (C=O) groups is 2. The molecular formula is C12H22ClN3O2. The van der Waals surface area contributed by atoms with Gasteiger partial charge in [-0.15, -0.1) is 12.4 Å². The normalized spacial score (nSPS) is 31.4. The molecule has 0 aromatic rings. The number of rotatable bonds is 3. The molecule has 1 aliphatic heterocycles. The van der Waals surface area contributed by atoms with Gasteiger partial charge in [0.15, 0.2) is 0 Å². The quantitative estimate of drug-likeness (QED) is 0.687. The zero-order valence-corrected chi connectivity index (χ0v) is 11.3. The first-order valence-electron chi connectivity index (χ1n) is 6.50. The Balaban J connectivity index is 0.00000162. The third kappa shape index (κ3) is 3.36. The summed E-state index contributed by atoms with van der Waals surface area (Å²) in [5.74, 6) is 0.267. The summed E-state index contributed by atoms with van der Waals surface area (Å²) in [5, 5.41) is 5.64. The van der Waals surface area contributed by atoms with Crippen molar-refractivity contribution in [1.82, 2.24) is 10.6 Å². The highest BCUT2D eigenvalue weighted by Crippen LogP contribution is 2.31. The van der Waals surface area contributed by atoms with Crippen LogP contribution in [0.1, 0.15) is 32.1 Å². The highest BCUT2D eigenvalue weighted by Gasteiger charge is 2.34. The van der Waals surface area contributed by atoms with Crippen LogP contribution in [-0.2, 0) is 9.59 Å². The van der Waals surface area contributed by atoms with Crippen molar-refractivity contribution in [3.8, 4) is 0 Å². The third-order valence-corrected chi connectivity index (χ3v) is 3.90. The fourth-order valence-corrected chi connectivity index (χ4v) is 2.85. The van der Waals surface area contributed by atoms with Gasteiger partial charge in [0.25, 0.3) is 0 Å². The van der Waals surface area contributed by atoms with Crippen LogP contribution in [0.15, 0.2) is 0 Å². The molecule has 4 N–H and O–H groups in total. The molecule has 18 heavy (non-hydrogen) atoms. The maximum absolute atomic E-state index is 12.1. The minimum Gasteiger partial charge on any atom is -0.354 e. The van der Waals surface area contributed by atoms with Gasteiger partial charge in [0.2, 0.25) is 11.8 Å². The van der Waals surface area contributed by atoms with Gasteiger partial charge < -0.3 is 16.4 Å². The van der Waals surface area contributed by atoms with E-state index < -0.39 is 0 Å². The smallest absolute Gasteiger partial charge is 0.242 e. The largest absolute Gasteiger partial charge is 0.354 e. The average molecular weight is 276 g/mol. The predicted molar refractivity (Wildman–Crippen MR) is 71.3 cm³/mol. The number of nitrogens with one attached hydrogen (secondary N) is 2. The highest BCUT2D eigenvalue weighted by atomic mass is 35.5. The lowest BCUT2D eigenvalue weighted by Crippen LogP contribution is -2.52. The average Bonchev–Trinajstić information content (AvgIpc) is 2.80. The first kappa shape index (κ1) is 15.2. The minimum atomic E-state index is -0.338. The first-order valence-corrected chi connectivity index (χ1v) is 6.50. The summed E-state index contributed by atoms with van der Waals surface area (Å²) in [6, 6.07) is -0.338. The molecule has 1 saturated carbocycles. The van der Waals surface area contributed by atoms with Crippen LogP contribution in [0.5, 0.6) is 0 Å². The number of halogens is 1. The Morgan fingerprint density at radius 1 is 1.33 bits per heavy atom. The van der Waals surface area contributed by atoms with Crippen LogP contribution in [-0.4, -0.2) is 30.9 Å². The Morgan fingerprint density at radius 3 is 2.78 bits per heavy atom. The van der Waals surface area contributed by atoms with E-state index in [0.29, 0.717) is 12.5 Å². The molecule has 2 aliphatic rings. The molecule has 3 atom stereocenters. The van der Waals surface area contributed by atoms with Crippen molar-refractivity contribution in [2.45, 2.75) is 38.1 Å². The molecule has 2 amide bonds. The van der Waals surface area contributed by atoms with Crippen LogP contribution in [0, 0.1) is 11.8 Å². The van der Waals surface area contributed by atoms with Crippen molar-refractivity contribution < 1.29 is 9.59 Å². The number of hydrogen-bond donors (Lipinski definition) is 3. The molecule has 0 spiro atoms. The first-order chi connectivity index (χ1) is 8.22. The van der Waals surface area contributed by atoms with E-state index in [4.69, 9.17) is 5.73 Å². The lowest BCUT2D eigenvalue weighted by atomic mass is 9.94. The van der Waals surface area contributed by atoms with Crippen LogP contribution in [0.3, 0.4) is 0 Å². The molecule has 1 saturated heterocycles. The van der Waals surface area contributed by atoms with Gasteiger partial charge in [0.1, 0.15) is 6.04 Å². The second kappa shape index (κ2) is 6.95. The molecule has 5 nitrogen and oxygen atoms in total. The second-order valence-corrected chi connectivity index (χ2v) is 5.03. The summed E-state index contributed by atoms with van der Waals surface area (Å²) in [6.45, 7) is 1.29. The van der Waals surface area contributed by atoms with Gasteiger partial charge in [-0.2, -0.15) is 0 Å². The molecule has 0 aromatic heterocycles. The highest BCUT2D eigenvalue weighted by molar-refractivity contribution is 5.89. The Kier molecular flexibility index (Phi) is 5.88. The Morgan fingerprint density at radius 2 is 2.11 bits per heavy atom. The van der Waals surface area contributed by atoms with Crippen molar-refractivity contribution in [1.29, 1.82) is 0 Å². The molecule has 2 rings (SSSR count). The van der Waals surface area contributed by atoms with Gasteiger partial charge in [-0.25, -0.2) is 0 Å². The maximum atomic E-state index is 12.1. The molecule has 0 radical (unpaired) electrons. The summed E-state index contributed by atoms with van der Waals surface area (Å²) in [7, 11) is 0. The van der Waals surface area contributed by atoms with E-state index in [-0.39, 0.29) is 36.2 Å². The second-order valence-electron chi connectivity index (χ2n) is 5.03. The fourth-order valence-electron chi connectivity index (χ4n) is 2.85. The number of piperidine rings is 1. The van der Waals surface area contributed by atoms with E-state index in [1.54, 1.807) is 0 Å². The van der Waals surface area contributed by atoms with Crippen molar-refractivity contribution in [3.63, 3.8) is 0 Å². The van der Waals surface area contributed by atoms with Gasteiger partial charge in [-0.3, -0.25) is 9.59 Å². The Labute approximate surface area is 114 Å². The summed E-state index contributed by atoms with van der Waals surface area (Å²) in [5.41, 5.74) is 5.66. The van der Waals surface area contributed by atoms with Crippen LogP contribution >= 0.6 is 12.4 Å². The van der Waals surface area contributed by atoms with Crippen LogP contribution in [0.4, 0.5) is 0 Å². The Hall–Kier alpha value is -0.810. The van der Waals surface area contributed by atoms with Gasteiger partial charge in [-0.1, -0.05) is 6.42 Å². The zero-order valence-electron chi connectivity index (χ0n) is 10.5. The van der Waals surface area contributed by atoms with Gasteiger partial charge in [0.05, 0.1) is 0 Å². The molecule has 0 aromatic carbocycles. The lowest BCUT2D eigenvalue weighted by molar-refractivity contribution is -0.132. The lowest BCUT2D eigenvalue weighted by Gasteiger charge is -2.25. The molecular weight excluding hydrogens is 254 g/mol. The molecule has 0 bridgehead atoms. The van der Waals surface area contributed by atoms with E-state index in [1.165, 1.54) is 0 Å². The number of carbonyl (C=O) groups excluding carboxylic acids is 2. The molecule has 1 unspecified atom stereocenters. The van der Waals surface area contributed by atoms with E-state index in [2.05, 4.69) is 10.6 Å². The monoisotopic (exact) mass is 275 g/mol. The van der Waals surface area contributed by atoms with E-state index in [1.807, 2.05) is 0 Å². The van der Waals surface area contributed by atoms with Crippen LogP contribution in [0.2, 0.25) is 0 Å². The van der Waals surface area contributed by atoms with Crippen molar-refractivity contribution >= 4 is 24.2 Å². The van der Waals surface area contributed by atoms with Gasteiger partial charge in [-0.05, 0) is 38.1 Å². The molecule has 6 heteroatoms. The SMILES string of the molecule is Cl.NC[C@H]1CCC[C@H]1C(=O)NC1CCCNC1=O. The predicted octanol–water partition coefficient (Wildman–Crippen LogP) is 0.178. The van der Waals surface area contributed by atoms with Gasteiger partial charge in [0, 0.05) is 12.5 Å². The van der Waals surface area contributed by atoms with Crippen LogP contribution < -0.4 is 16.4 Å². The fraction of sp³-hybridized carbons (Fsp3) is 0.833. The standard InChI is InChI=1S/C12H21N3O2.ClH/c13-7-8-3-1-4-9(8)11(16)15-10-5-2-6-14-12(10)17;/h8-10H,1-7,13H2,(H,14,17)(H,15,16);1H/t8-,9-,10?;/m1./s1. The van der Waals surface area contributed by atoms with Crippen LogP contribution in [0.25, 0.3) is 0 Å². The third-order valence-electron chi connectivity index (χ3n) is 3.90. The number of hydrogen-bond acceptors (Lipinski definition) is 3. The summed E-state index contributed by atoms with van der Waals surface area (Å²) in [4.78, 5) is 23.6. The molecule has 1 aliphatic carbocycles. The number of nitrogens with two attached hydrogens (primary N) is 1. The summed E-state index contributed by atoms with van der Waals surface area (Å²) < 4.78 is 0. The molecule has 2 fully saturated rings. The van der Waals surface area contributed by atoms with Crippen molar-refractivity contribution in [2.24, 2.45) is 17.6 Å². The van der Waals surface area contributed by atoms with Crippen molar-refractivity contribution in [2.75, 3.05) is 13.1 Å². The number of amides is 2. The Bertz CT molecular complexity index is 312. The van der Waals surface area contributed by atoms with E-state index in [0.717, 1.165) is 38.6 Å². The molecule has 104 valence electrons. The topological polar surface area (TPSA) is 84.2 Å². The molecule has 1 heterocycles. The minimum absolute atomic E-state index is 0. The summed E-state index contributed by atoms with van der Waals surface area (Å²) in [6.07, 6.45) is 4.68. The summed E-state index contributed by atoms with van der Waals surface area (Å²) >= 11 is 0. The van der Waals surface area contributed by atoms with E-state index >= 15 is 0 Å². The maximum Gasteiger partial charge on any atom is 0.242 e. The zero-order chi connectivity index (χ0) is 12.3. The van der Waals surface area contributed by atoms with Crippen molar-refractivity contribution in [3.05, 3.63) is 0 Å². The van der Waals surface area contributed by atoms with E-state index in [9.17, 15) is 9.59 Å². The van der Waals surface area contributed by atoms with Gasteiger partial charge >= 0.3 is 0 Å².